The van der Waals surface area contributed by atoms with Crippen LogP contribution in [-0.2, 0) is 17.8 Å². The lowest BCUT2D eigenvalue weighted by Gasteiger charge is -2.08. The molecule has 2 aromatic rings. The Bertz CT molecular complexity index is 555. The Hall–Kier alpha value is -2.33. The van der Waals surface area contributed by atoms with Gasteiger partial charge in [0.05, 0.1) is 0 Å². The topological polar surface area (TPSA) is 58.6 Å². The summed E-state index contributed by atoms with van der Waals surface area (Å²) in [5.41, 5.74) is 2.57. The number of anilines is 1. The number of nitrogens with one attached hydrogen (secondary N) is 1. The second-order valence-electron chi connectivity index (χ2n) is 4.36. The highest BCUT2D eigenvalue weighted by atomic mass is 16.5. The number of ether oxygens (including phenoxy) is 1. The van der Waals surface area contributed by atoms with Gasteiger partial charge in [0.15, 0.2) is 0 Å². The first-order valence-corrected chi connectivity index (χ1v) is 6.45. The molecule has 0 atom stereocenters. The van der Waals surface area contributed by atoms with Gasteiger partial charge < -0.3 is 9.84 Å². The average Bonchev–Trinajstić information content (AvgIpc) is 2.47. The minimum absolute atomic E-state index is 0.0852. The van der Waals surface area contributed by atoms with E-state index in [1.807, 2.05) is 48.5 Å². The van der Waals surface area contributed by atoms with Gasteiger partial charge in [0.1, 0.15) is 6.61 Å². The fourth-order valence-electron chi connectivity index (χ4n) is 1.81. The highest BCUT2D eigenvalue weighted by Crippen LogP contribution is 2.12. The Kier molecular flexibility index (Phi) is 5.15. The number of hydrogen-bond acceptors (Lipinski definition) is 3. The molecule has 0 spiro atoms. The van der Waals surface area contributed by atoms with Gasteiger partial charge in [-0.15, -0.1) is 0 Å². The van der Waals surface area contributed by atoms with Gasteiger partial charge in [-0.3, -0.25) is 5.32 Å². The first-order valence-electron chi connectivity index (χ1n) is 6.45. The summed E-state index contributed by atoms with van der Waals surface area (Å²) in [5, 5.41) is 11.6. The van der Waals surface area contributed by atoms with Crippen LogP contribution in [0.5, 0.6) is 0 Å². The molecule has 0 heterocycles. The number of hydrogen-bond donors (Lipinski definition) is 2. The van der Waals surface area contributed by atoms with Crippen molar-refractivity contribution in [3.63, 3.8) is 0 Å². The van der Waals surface area contributed by atoms with Crippen LogP contribution in [0, 0.1) is 0 Å². The van der Waals surface area contributed by atoms with E-state index in [0.29, 0.717) is 12.1 Å². The predicted molar refractivity (Wildman–Crippen MR) is 77.5 cm³/mol. The lowest BCUT2D eigenvalue weighted by Crippen LogP contribution is -2.13. The van der Waals surface area contributed by atoms with E-state index in [-0.39, 0.29) is 13.2 Å². The summed E-state index contributed by atoms with van der Waals surface area (Å²) in [6, 6.07) is 16.8. The molecule has 0 saturated heterocycles. The van der Waals surface area contributed by atoms with Crippen molar-refractivity contribution >= 4 is 11.8 Å². The lowest BCUT2D eigenvalue weighted by molar-refractivity contribution is 0.155. The maximum Gasteiger partial charge on any atom is 0.411 e. The van der Waals surface area contributed by atoms with Crippen molar-refractivity contribution in [2.24, 2.45) is 0 Å². The van der Waals surface area contributed by atoms with Crippen molar-refractivity contribution in [1.29, 1.82) is 0 Å². The van der Waals surface area contributed by atoms with Crippen molar-refractivity contribution in [2.75, 3.05) is 11.9 Å². The number of aliphatic hydroxyl groups is 1. The zero-order valence-corrected chi connectivity index (χ0v) is 11.1. The number of amides is 1. The summed E-state index contributed by atoms with van der Waals surface area (Å²) < 4.78 is 5.13. The molecule has 1 amide bonds. The molecule has 20 heavy (non-hydrogen) atoms. The Morgan fingerprint density at radius 3 is 2.55 bits per heavy atom. The van der Waals surface area contributed by atoms with E-state index < -0.39 is 6.09 Å². The highest BCUT2D eigenvalue weighted by Gasteiger charge is 2.04. The van der Waals surface area contributed by atoms with Crippen LogP contribution in [0.15, 0.2) is 54.6 Å². The quantitative estimate of drug-likeness (QED) is 0.879. The molecule has 2 aromatic carbocycles. The largest absolute Gasteiger partial charge is 0.444 e. The van der Waals surface area contributed by atoms with Crippen LogP contribution >= 0.6 is 0 Å². The number of carbonyl (C=O) groups is 1. The van der Waals surface area contributed by atoms with Gasteiger partial charge in [0, 0.05) is 12.3 Å². The van der Waals surface area contributed by atoms with Gasteiger partial charge in [0.2, 0.25) is 0 Å². The van der Waals surface area contributed by atoms with E-state index >= 15 is 0 Å². The molecule has 2 rings (SSSR count). The van der Waals surface area contributed by atoms with Crippen LogP contribution in [-0.4, -0.2) is 17.8 Å². The fraction of sp³-hybridized carbons (Fsp3) is 0.188. The fourth-order valence-corrected chi connectivity index (χ4v) is 1.81. The minimum Gasteiger partial charge on any atom is -0.444 e. The molecule has 0 unspecified atom stereocenters. The molecule has 0 radical (unpaired) electrons. The maximum absolute atomic E-state index is 11.7. The first kappa shape index (κ1) is 14.1. The molecular weight excluding hydrogens is 254 g/mol. The van der Waals surface area contributed by atoms with E-state index in [4.69, 9.17) is 9.84 Å². The SMILES string of the molecule is O=C(Nc1cccc(CCO)c1)OCc1ccccc1. The van der Waals surface area contributed by atoms with Crippen molar-refractivity contribution in [3.8, 4) is 0 Å². The van der Waals surface area contributed by atoms with Crippen molar-refractivity contribution in [1.82, 2.24) is 0 Å². The summed E-state index contributed by atoms with van der Waals surface area (Å²) in [5.74, 6) is 0. The Morgan fingerprint density at radius 1 is 1.05 bits per heavy atom. The Labute approximate surface area is 118 Å². The van der Waals surface area contributed by atoms with Crippen LogP contribution in [0.25, 0.3) is 0 Å². The Balaban J connectivity index is 1.86. The maximum atomic E-state index is 11.7. The van der Waals surface area contributed by atoms with Crippen molar-refractivity contribution in [2.45, 2.75) is 13.0 Å². The molecule has 104 valence electrons. The summed E-state index contributed by atoms with van der Waals surface area (Å²) >= 11 is 0. The third kappa shape index (κ3) is 4.40. The number of benzene rings is 2. The smallest absolute Gasteiger partial charge is 0.411 e. The molecule has 0 aliphatic heterocycles. The van der Waals surface area contributed by atoms with Crippen molar-refractivity contribution < 1.29 is 14.6 Å². The number of aliphatic hydroxyl groups excluding tert-OH is 1. The molecule has 0 aromatic heterocycles. The van der Waals surface area contributed by atoms with Gasteiger partial charge in [0.25, 0.3) is 0 Å². The van der Waals surface area contributed by atoms with E-state index in [2.05, 4.69) is 5.32 Å². The van der Waals surface area contributed by atoms with Gasteiger partial charge in [-0.1, -0.05) is 42.5 Å². The second-order valence-corrected chi connectivity index (χ2v) is 4.36. The van der Waals surface area contributed by atoms with Crippen LogP contribution in [0.2, 0.25) is 0 Å². The van der Waals surface area contributed by atoms with Gasteiger partial charge in [-0.05, 0) is 29.7 Å². The lowest BCUT2D eigenvalue weighted by atomic mass is 10.1. The van der Waals surface area contributed by atoms with Crippen LogP contribution < -0.4 is 5.32 Å². The van der Waals surface area contributed by atoms with Crippen molar-refractivity contribution in [3.05, 3.63) is 65.7 Å². The average molecular weight is 271 g/mol. The number of rotatable bonds is 5. The molecule has 0 fully saturated rings. The molecular formula is C16H17NO3. The van der Waals surface area contributed by atoms with Crippen LogP contribution in [0.1, 0.15) is 11.1 Å². The van der Waals surface area contributed by atoms with E-state index in [1.165, 1.54) is 0 Å². The van der Waals surface area contributed by atoms with Crippen LogP contribution in [0.3, 0.4) is 0 Å². The summed E-state index contributed by atoms with van der Waals surface area (Å²) in [6.07, 6.45) is 0.0733. The zero-order chi connectivity index (χ0) is 14.2. The molecule has 0 aliphatic rings. The van der Waals surface area contributed by atoms with Gasteiger partial charge in [-0.2, -0.15) is 0 Å². The van der Waals surface area contributed by atoms with E-state index in [9.17, 15) is 4.79 Å². The third-order valence-electron chi connectivity index (χ3n) is 2.79. The molecule has 4 nitrogen and oxygen atoms in total. The van der Waals surface area contributed by atoms with E-state index in [1.54, 1.807) is 6.07 Å². The number of carbonyl (C=O) groups excluding carboxylic acids is 1. The zero-order valence-electron chi connectivity index (χ0n) is 11.1. The van der Waals surface area contributed by atoms with Crippen LogP contribution in [0.4, 0.5) is 10.5 Å². The standard InChI is InChI=1S/C16H17NO3/c18-10-9-13-7-4-8-15(11-13)17-16(19)20-12-14-5-2-1-3-6-14/h1-8,11,18H,9-10,12H2,(H,17,19). The monoisotopic (exact) mass is 271 g/mol. The molecule has 0 bridgehead atoms. The second kappa shape index (κ2) is 7.31. The molecule has 2 N–H and O–H groups in total. The summed E-state index contributed by atoms with van der Waals surface area (Å²) in [4.78, 5) is 11.7. The minimum atomic E-state index is -0.491. The molecule has 4 heteroatoms. The van der Waals surface area contributed by atoms with Gasteiger partial charge >= 0.3 is 6.09 Å². The summed E-state index contributed by atoms with van der Waals surface area (Å²) in [6.45, 7) is 0.324. The normalized spacial score (nSPS) is 10.1. The highest BCUT2D eigenvalue weighted by molar-refractivity contribution is 5.84. The third-order valence-corrected chi connectivity index (χ3v) is 2.79. The summed E-state index contributed by atoms with van der Waals surface area (Å²) in [7, 11) is 0. The Morgan fingerprint density at radius 2 is 1.80 bits per heavy atom. The first-order chi connectivity index (χ1) is 9.78. The molecule has 0 saturated carbocycles. The van der Waals surface area contributed by atoms with E-state index in [0.717, 1.165) is 11.1 Å². The predicted octanol–water partition coefficient (Wildman–Crippen LogP) is 2.97. The van der Waals surface area contributed by atoms with Gasteiger partial charge in [-0.25, -0.2) is 4.79 Å². The molecule has 0 aliphatic carbocycles.